The van der Waals surface area contributed by atoms with Gasteiger partial charge in [0.25, 0.3) is 0 Å². The highest BCUT2D eigenvalue weighted by Gasteiger charge is 2.33. The second-order valence-corrected chi connectivity index (χ2v) is 9.95. The molecule has 4 nitrogen and oxygen atoms in total. The van der Waals surface area contributed by atoms with Crippen LogP contribution in [0, 0.1) is 0 Å². The SMILES string of the molecule is O=C(OCCOCCCCCCC(CCc1ccccc1)(c1ccccc1)c1ccccc1)c1cccnc1. The molecule has 1 heterocycles. The van der Waals surface area contributed by atoms with E-state index in [1.54, 1.807) is 18.3 Å². The molecule has 0 fully saturated rings. The Balaban J connectivity index is 1.26. The smallest absolute Gasteiger partial charge is 0.339 e. The van der Waals surface area contributed by atoms with Gasteiger partial charge in [-0.2, -0.15) is 0 Å². The van der Waals surface area contributed by atoms with Crippen molar-refractivity contribution < 1.29 is 14.3 Å². The van der Waals surface area contributed by atoms with Crippen LogP contribution in [0.15, 0.2) is 116 Å². The zero-order valence-electron chi connectivity index (χ0n) is 22.7. The Morgan fingerprint density at radius 1 is 0.641 bits per heavy atom. The molecule has 0 amide bonds. The number of nitrogens with zero attached hydrogens (tertiary/aromatic N) is 1. The molecule has 4 heteroatoms. The summed E-state index contributed by atoms with van der Waals surface area (Å²) in [6.45, 7) is 1.35. The molecule has 202 valence electrons. The number of pyridine rings is 1. The maximum Gasteiger partial charge on any atom is 0.339 e. The molecule has 4 rings (SSSR count). The van der Waals surface area contributed by atoms with Crippen LogP contribution >= 0.6 is 0 Å². The Labute approximate surface area is 233 Å². The van der Waals surface area contributed by atoms with E-state index >= 15 is 0 Å². The van der Waals surface area contributed by atoms with E-state index in [0.717, 1.165) is 44.9 Å². The Morgan fingerprint density at radius 3 is 1.92 bits per heavy atom. The number of unbranched alkanes of at least 4 members (excludes halogenated alkanes) is 3. The van der Waals surface area contributed by atoms with Crippen LogP contribution in [0.25, 0.3) is 0 Å². The summed E-state index contributed by atoms with van der Waals surface area (Å²) in [6, 6.07) is 36.3. The normalized spacial score (nSPS) is 11.3. The van der Waals surface area contributed by atoms with Gasteiger partial charge in [-0.05, 0) is 54.5 Å². The monoisotopic (exact) mass is 521 g/mol. The van der Waals surface area contributed by atoms with E-state index in [4.69, 9.17) is 9.47 Å². The van der Waals surface area contributed by atoms with Crippen molar-refractivity contribution in [2.24, 2.45) is 0 Å². The van der Waals surface area contributed by atoms with Crippen molar-refractivity contribution in [3.05, 3.63) is 138 Å². The van der Waals surface area contributed by atoms with E-state index in [2.05, 4.69) is 96.0 Å². The fourth-order valence-corrected chi connectivity index (χ4v) is 5.23. The number of benzene rings is 3. The van der Waals surface area contributed by atoms with E-state index in [9.17, 15) is 4.79 Å². The van der Waals surface area contributed by atoms with Crippen LogP contribution in [0.3, 0.4) is 0 Å². The summed E-state index contributed by atoms with van der Waals surface area (Å²) in [5.41, 5.74) is 4.63. The Bertz CT molecular complexity index is 1170. The molecule has 0 saturated carbocycles. The largest absolute Gasteiger partial charge is 0.460 e. The summed E-state index contributed by atoms with van der Waals surface area (Å²) in [5, 5.41) is 0. The van der Waals surface area contributed by atoms with Crippen LogP contribution in [0.1, 0.15) is 65.6 Å². The highest BCUT2D eigenvalue weighted by Crippen LogP contribution is 2.41. The van der Waals surface area contributed by atoms with Gasteiger partial charge in [-0.25, -0.2) is 4.79 Å². The van der Waals surface area contributed by atoms with Gasteiger partial charge >= 0.3 is 5.97 Å². The number of ether oxygens (including phenoxy) is 2. The third-order valence-electron chi connectivity index (χ3n) is 7.34. The van der Waals surface area contributed by atoms with E-state index in [1.165, 1.54) is 22.9 Å². The minimum Gasteiger partial charge on any atom is -0.460 e. The van der Waals surface area contributed by atoms with Gasteiger partial charge in [-0.15, -0.1) is 0 Å². The lowest BCUT2D eigenvalue weighted by atomic mass is 9.67. The number of hydrogen-bond acceptors (Lipinski definition) is 4. The number of esters is 1. The Hall–Kier alpha value is -3.76. The van der Waals surface area contributed by atoms with Gasteiger partial charge in [-0.1, -0.05) is 110 Å². The maximum atomic E-state index is 11.9. The summed E-state index contributed by atoms with van der Waals surface area (Å²) in [6.07, 6.45) is 10.8. The van der Waals surface area contributed by atoms with Gasteiger partial charge in [0.2, 0.25) is 0 Å². The first-order valence-electron chi connectivity index (χ1n) is 14.1. The van der Waals surface area contributed by atoms with Crippen molar-refractivity contribution in [3.8, 4) is 0 Å². The molecular weight excluding hydrogens is 482 g/mol. The highest BCUT2D eigenvalue weighted by atomic mass is 16.6. The molecule has 0 N–H and O–H groups in total. The van der Waals surface area contributed by atoms with Gasteiger partial charge in [0.15, 0.2) is 0 Å². The van der Waals surface area contributed by atoms with Crippen LogP contribution in [0.4, 0.5) is 0 Å². The zero-order chi connectivity index (χ0) is 27.0. The molecule has 0 radical (unpaired) electrons. The first-order chi connectivity index (χ1) is 19.3. The number of hydrogen-bond donors (Lipinski definition) is 0. The fraction of sp³-hybridized carbons (Fsp3) is 0.314. The lowest BCUT2D eigenvalue weighted by Crippen LogP contribution is -2.29. The predicted molar refractivity (Wildman–Crippen MR) is 157 cm³/mol. The van der Waals surface area contributed by atoms with Gasteiger partial charge in [-0.3, -0.25) is 4.98 Å². The van der Waals surface area contributed by atoms with E-state index < -0.39 is 0 Å². The minimum atomic E-state index is -0.362. The van der Waals surface area contributed by atoms with Gasteiger partial charge in [0.1, 0.15) is 6.61 Å². The first kappa shape index (κ1) is 28.3. The standard InChI is InChI=1S/C35H39NO3/c37-34(31-17-14-25-36-29-31)39-28-27-38-26-13-2-1-12-23-35(32-18-8-4-9-19-32,33-20-10-5-11-21-33)24-22-30-15-6-3-7-16-30/h3-11,14-21,25,29H,1-2,12-13,22-24,26-28H2. The summed E-state index contributed by atoms with van der Waals surface area (Å²) >= 11 is 0. The van der Waals surface area contributed by atoms with Crippen molar-refractivity contribution >= 4 is 5.97 Å². The number of aryl methyl sites for hydroxylation is 1. The lowest BCUT2D eigenvalue weighted by Gasteiger charge is -2.36. The molecule has 0 saturated heterocycles. The molecule has 39 heavy (non-hydrogen) atoms. The molecule has 0 unspecified atom stereocenters. The third-order valence-corrected chi connectivity index (χ3v) is 7.34. The van der Waals surface area contributed by atoms with E-state index in [0.29, 0.717) is 18.8 Å². The average Bonchev–Trinajstić information content (AvgIpc) is 3.01. The summed E-state index contributed by atoms with van der Waals surface area (Å²) in [4.78, 5) is 15.9. The molecule has 0 aliphatic carbocycles. The number of carbonyl (C=O) groups is 1. The molecular formula is C35H39NO3. The zero-order valence-corrected chi connectivity index (χ0v) is 22.7. The molecule has 0 bridgehead atoms. The summed E-state index contributed by atoms with van der Waals surface area (Å²) < 4.78 is 10.9. The number of carbonyl (C=O) groups excluding carboxylic acids is 1. The van der Waals surface area contributed by atoms with Gasteiger partial charge < -0.3 is 9.47 Å². The van der Waals surface area contributed by atoms with Crippen molar-refractivity contribution in [2.75, 3.05) is 19.8 Å². The predicted octanol–water partition coefficient (Wildman–Crippen LogP) is 7.82. The second kappa shape index (κ2) is 15.6. The van der Waals surface area contributed by atoms with Gasteiger partial charge in [0, 0.05) is 24.4 Å². The van der Waals surface area contributed by atoms with Crippen molar-refractivity contribution in [2.45, 2.75) is 50.4 Å². The summed E-state index contributed by atoms with van der Waals surface area (Å²) in [5.74, 6) is -0.362. The first-order valence-corrected chi connectivity index (χ1v) is 14.1. The number of aromatic nitrogens is 1. The van der Waals surface area contributed by atoms with Crippen molar-refractivity contribution in [1.82, 2.24) is 4.98 Å². The fourth-order valence-electron chi connectivity index (χ4n) is 5.23. The van der Waals surface area contributed by atoms with E-state index in [-0.39, 0.29) is 18.0 Å². The summed E-state index contributed by atoms with van der Waals surface area (Å²) in [7, 11) is 0. The second-order valence-electron chi connectivity index (χ2n) is 9.95. The Morgan fingerprint density at radius 2 is 1.28 bits per heavy atom. The molecule has 0 aliphatic rings. The third kappa shape index (κ3) is 8.62. The van der Waals surface area contributed by atoms with Gasteiger partial charge in [0.05, 0.1) is 12.2 Å². The van der Waals surface area contributed by atoms with Crippen molar-refractivity contribution in [1.29, 1.82) is 0 Å². The lowest BCUT2D eigenvalue weighted by molar-refractivity contribution is 0.0311. The van der Waals surface area contributed by atoms with Crippen LogP contribution in [-0.2, 0) is 21.3 Å². The topological polar surface area (TPSA) is 48.4 Å². The molecule has 0 spiro atoms. The number of rotatable bonds is 16. The van der Waals surface area contributed by atoms with Crippen LogP contribution in [-0.4, -0.2) is 30.8 Å². The molecule has 4 aromatic rings. The molecule has 0 atom stereocenters. The highest BCUT2D eigenvalue weighted by molar-refractivity contribution is 5.88. The molecule has 3 aromatic carbocycles. The van der Waals surface area contributed by atoms with Crippen LogP contribution < -0.4 is 0 Å². The maximum absolute atomic E-state index is 11.9. The van der Waals surface area contributed by atoms with Crippen LogP contribution in [0.5, 0.6) is 0 Å². The quantitative estimate of drug-likeness (QED) is 0.111. The average molecular weight is 522 g/mol. The molecule has 1 aromatic heterocycles. The van der Waals surface area contributed by atoms with Crippen molar-refractivity contribution in [3.63, 3.8) is 0 Å². The Kier molecular flexibility index (Phi) is 11.3. The minimum absolute atomic E-state index is 0.0208. The molecule has 0 aliphatic heterocycles. The van der Waals surface area contributed by atoms with E-state index in [1.807, 2.05) is 0 Å². The van der Waals surface area contributed by atoms with Crippen LogP contribution in [0.2, 0.25) is 0 Å².